The van der Waals surface area contributed by atoms with Crippen LogP contribution in [0.5, 0.6) is 0 Å². The van der Waals surface area contributed by atoms with Gasteiger partial charge in [0.1, 0.15) is 0 Å². The van der Waals surface area contributed by atoms with Crippen molar-refractivity contribution in [3.8, 4) is 11.4 Å². The van der Waals surface area contributed by atoms with Gasteiger partial charge in [0, 0.05) is 38.7 Å². The maximum absolute atomic E-state index is 5.43. The van der Waals surface area contributed by atoms with Gasteiger partial charge in [-0.15, -0.1) is 5.10 Å². The molecule has 0 bridgehead atoms. The predicted molar refractivity (Wildman–Crippen MR) is 103 cm³/mol. The number of unbranched alkanes of at least 4 members (excludes halogenated alkanes) is 3. The molecule has 1 aromatic heterocycles. The molecule has 6 nitrogen and oxygen atoms in total. The highest BCUT2D eigenvalue weighted by molar-refractivity contribution is 7.99. The van der Waals surface area contributed by atoms with Crippen LogP contribution in [-0.2, 0) is 13.3 Å². The molecule has 0 radical (unpaired) electrons. The van der Waals surface area contributed by atoms with Crippen LogP contribution in [0.2, 0.25) is 6.04 Å². The molecule has 0 unspecified atom stereocenters. The summed E-state index contributed by atoms with van der Waals surface area (Å²) in [7, 11) is 2.59. The Balaban J connectivity index is 1.62. The Morgan fingerprint density at radius 2 is 1.64 bits per heavy atom. The van der Waals surface area contributed by atoms with Crippen molar-refractivity contribution in [2.45, 2.75) is 36.9 Å². The minimum absolute atomic E-state index is 0.809. The van der Waals surface area contributed by atoms with Gasteiger partial charge >= 0.3 is 8.80 Å². The van der Waals surface area contributed by atoms with E-state index in [4.69, 9.17) is 13.3 Å². The second-order valence-corrected chi connectivity index (χ2v) is 9.79. The maximum atomic E-state index is 5.43. The van der Waals surface area contributed by atoms with Gasteiger partial charge in [-0.2, -0.15) is 0 Å². The number of aromatic amines is 1. The molecule has 0 spiro atoms. The highest BCUT2D eigenvalue weighted by atomic mass is 32.2. The van der Waals surface area contributed by atoms with E-state index in [1.807, 2.05) is 30.3 Å². The molecule has 0 aliphatic heterocycles. The normalized spacial score (nSPS) is 11.8. The van der Waals surface area contributed by atoms with E-state index < -0.39 is 8.80 Å². The Bertz CT molecular complexity index is 600. The van der Waals surface area contributed by atoms with E-state index in [1.165, 1.54) is 6.42 Å². The van der Waals surface area contributed by atoms with E-state index in [0.717, 1.165) is 47.6 Å². The molecule has 25 heavy (non-hydrogen) atoms. The minimum Gasteiger partial charge on any atom is -0.377 e. The Morgan fingerprint density at radius 3 is 2.32 bits per heavy atom. The smallest absolute Gasteiger partial charge is 0.377 e. The van der Waals surface area contributed by atoms with Crippen LogP contribution in [0.3, 0.4) is 0 Å². The van der Waals surface area contributed by atoms with Crippen molar-refractivity contribution >= 4 is 20.6 Å². The molecule has 0 aliphatic carbocycles. The van der Waals surface area contributed by atoms with Gasteiger partial charge in [0.25, 0.3) is 0 Å². The molecule has 0 fully saturated rings. The Hall–Kier alpha value is -1.19. The predicted octanol–water partition coefficient (Wildman–Crippen LogP) is 4.00. The topological polar surface area (TPSA) is 69.3 Å². The van der Waals surface area contributed by atoms with Crippen molar-refractivity contribution in [1.82, 2.24) is 15.2 Å². The summed E-state index contributed by atoms with van der Waals surface area (Å²) in [6.07, 6.45) is 4.52. The summed E-state index contributed by atoms with van der Waals surface area (Å²) in [6, 6.07) is 10.9. The lowest BCUT2D eigenvalue weighted by atomic mass is 10.2. The summed E-state index contributed by atoms with van der Waals surface area (Å²) >= 11 is 1.69. The first-order valence-corrected chi connectivity index (χ1v) is 11.4. The van der Waals surface area contributed by atoms with E-state index in [9.17, 15) is 0 Å². The Morgan fingerprint density at radius 1 is 0.960 bits per heavy atom. The summed E-state index contributed by atoms with van der Waals surface area (Å²) in [6.45, 7) is 0. The van der Waals surface area contributed by atoms with Gasteiger partial charge in [-0.05, 0) is 12.8 Å². The van der Waals surface area contributed by atoms with Gasteiger partial charge in [-0.3, -0.25) is 5.10 Å². The molecule has 0 atom stereocenters. The molecule has 1 N–H and O–H groups in total. The largest absolute Gasteiger partial charge is 0.500 e. The Labute approximate surface area is 155 Å². The summed E-state index contributed by atoms with van der Waals surface area (Å²) in [5.74, 6) is 1.84. The molecule has 1 aromatic carbocycles. The van der Waals surface area contributed by atoms with Crippen LogP contribution in [0.25, 0.3) is 11.4 Å². The number of hydrogen-bond acceptors (Lipinski definition) is 6. The molecule has 0 amide bonds. The first-order chi connectivity index (χ1) is 12.2. The first kappa shape index (κ1) is 20.1. The fraction of sp³-hybridized carbons (Fsp3) is 0.529. The van der Waals surface area contributed by atoms with E-state index in [-0.39, 0.29) is 0 Å². The van der Waals surface area contributed by atoms with E-state index in [2.05, 4.69) is 15.2 Å². The van der Waals surface area contributed by atoms with Gasteiger partial charge in [-0.1, -0.05) is 54.9 Å². The van der Waals surface area contributed by atoms with Gasteiger partial charge in [0.05, 0.1) is 0 Å². The van der Waals surface area contributed by atoms with Crippen molar-refractivity contribution in [2.75, 3.05) is 27.1 Å². The number of thioether (sulfide) groups is 1. The quantitative estimate of drug-likeness (QED) is 0.340. The van der Waals surface area contributed by atoms with E-state index in [1.54, 1.807) is 33.1 Å². The molecule has 0 aliphatic rings. The van der Waals surface area contributed by atoms with Crippen LogP contribution in [-0.4, -0.2) is 51.1 Å². The van der Waals surface area contributed by atoms with Crippen molar-refractivity contribution in [2.24, 2.45) is 0 Å². The average Bonchev–Trinajstić information content (AvgIpc) is 3.14. The third-order valence-corrected chi connectivity index (χ3v) is 7.82. The summed E-state index contributed by atoms with van der Waals surface area (Å²) in [4.78, 5) is 4.53. The second-order valence-electron chi connectivity index (χ2n) is 5.64. The standard InChI is InChI=1S/C17H27N3O3SSi/c1-21-25(22-2,23-3)14-10-5-4-9-13-24-17-18-16(19-20-17)15-11-7-6-8-12-15/h6-8,11-12H,4-5,9-10,13-14H2,1-3H3,(H,18,19,20). The number of nitrogens with zero attached hydrogens (tertiary/aromatic N) is 2. The highest BCUT2D eigenvalue weighted by Crippen LogP contribution is 2.21. The summed E-state index contributed by atoms with van der Waals surface area (Å²) < 4.78 is 16.3. The zero-order chi connectivity index (χ0) is 18.0. The van der Waals surface area contributed by atoms with Crippen LogP contribution in [0, 0.1) is 0 Å². The third-order valence-electron chi connectivity index (χ3n) is 4.05. The molecular weight excluding hydrogens is 354 g/mol. The monoisotopic (exact) mass is 381 g/mol. The van der Waals surface area contributed by atoms with Crippen LogP contribution in [0.4, 0.5) is 0 Å². The summed E-state index contributed by atoms with van der Waals surface area (Å²) in [5.41, 5.74) is 1.06. The number of hydrogen-bond donors (Lipinski definition) is 1. The van der Waals surface area contributed by atoms with E-state index in [0.29, 0.717) is 0 Å². The third kappa shape index (κ3) is 6.23. The van der Waals surface area contributed by atoms with Gasteiger partial charge in [-0.25, -0.2) is 4.98 Å². The zero-order valence-corrected chi connectivity index (χ0v) is 17.0. The van der Waals surface area contributed by atoms with Gasteiger partial charge < -0.3 is 13.3 Å². The van der Waals surface area contributed by atoms with Gasteiger partial charge in [0.2, 0.25) is 5.16 Å². The van der Waals surface area contributed by atoms with Gasteiger partial charge in [0.15, 0.2) is 5.82 Å². The lowest BCUT2D eigenvalue weighted by molar-refractivity contribution is 0.122. The number of rotatable bonds is 12. The van der Waals surface area contributed by atoms with E-state index >= 15 is 0 Å². The van der Waals surface area contributed by atoms with Crippen molar-refractivity contribution in [1.29, 1.82) is 0 Å². The van der Waals surface area contributed by atoms with Crippen molar-refractivity contribution < 1.29 is 13.3 Å². The zero-order valence-electron chi connectivity index (χ0n) is 15.2. The lowest BCUT2D eigenvalue weighted by Crippen LogP contribution is -2.42. The SMILES string of the molecule is CO[Si](CCCCCCSc1n[nH]c(-c2ccccc2)n1)(OC)OC. The average molecular weight is 382 g/mol. The lowest BCUT2D eigenvalue weighted by Gasteiger charge is -2.24. The molecule has 2 rings (SSSR count). The van der Waals surface area contributed by atoms with Crippen LogP contribution >= 0.6 is 11.8 Å². The number of H-pyrrole nitrogens is 1. The minimum atomic E-state index is -2.40. The van der Waals surface area contributed by atoms with Crippen LogP contribution in [0.1, 0.15) is 25.7 Å². The van der Waals surface area contributed by atoms with Crippen LogP contribution in [0.15, 0.2) is 35.5 Å². The number of nitrogens with one attached hydrogen (secondary N) is 1. The first-order valence-electron chi connectivity index (χ1n) is 8.49. The highest BCUT2D eigenvalue weighted by Gasteiger charge is 2.36. The molecule has 0 saturated carbocycles. The number of aromatic nitrogens is 3. The molecule has 8 heteroatoms. The fourth-order valence-corrected chi connectivity index (χ4v) is 5.15. The molecular formula is C17H27N3O3SSi. The molecule has 138 valence electrons. The molecule has 0 saturated heterocycles. The second kappa shape index (κ2) is 10.7. The van der Waals surface area contributed by atoms with Crippen molar-refractivity contribution in [3.05, 3.63) is 30.3 Å². The Kier molecular flexibility index (Phi) is 8.63. The fourth-order valence-electron chi connectivity index (χ4n) is 2.55. The number of benzene rings is 1. The van der Waals surface area contributed by atoms with Crippen molar-refractivity contribution in [3.63, 3.8) is 0 Å². The molecule has 1 heterocycles. The maximum Gasteiger partial charge on any atom is 0.500 e. The van der Waals surface area contributed by atoms with Crippen LogP contribution < -0.4 is 0 Å². The summed E-state index contributed by atoms with van der Waals surface area (Å²) in [5, 5.41) is 8.08. The molecule has 2 aromatic rings.